The van der Waals surface area contributed by atoms with Crippen molar-refractivity contribution in [3.8, 4) is 11.3 Å². The molecular formula is C15H7BrN2O. The Bertz CT molecular complexity index is 858. The van der Waals surface area contributed by atoms with E-state index < -0.39 is 0 Å². The van der Waals surface area contributed by atoms with E-state index in [2.05, 4.69) is 25.9 Å². The van der Waals surface area contributed by atoms with E-state index in [0.29, 0.717) is 11.3 Å². The van der Waals surface area contributed by atoms with E-state index in [1.165, 1.54) is 0 Å². The van der Waals surface area contributed by atoms with Gasteiger partial charge < -0.3 is 0 Å². The van der Waals surface area contributed by atoms with Crippen LogP contribution in [0.5, 0.6) is 0 Å². The van der Waals surface area contributed by atoms with Crippen LogP contribution in [0.15, 0.2) is 47.2 Å². The zero-order valence-electron chi connectivity index (χ0n) is 9.72. The molecule has 1 aromatic carbocycles. The number of nitrogens with zero attached hydrogens (tertiary/aromatic N) is 2. The topological polar surface area (TPSA) is 42.9 Å². The monoisotopic (exact) mass is 310 g/mol. The Balaban J connectivity index is 2.28. The maximum atomic E-state index is 12.5. The van der Waals surface area contributed by atoms with Crippen LogP contribution < -0.4 is 0 Å². The maximum absolute atomic E-state index is 12.5. The van der Waals surface area contributed by atoms with Gasteiger partial charge in [0, 0.05) is 22.7 Å². The minimum atomic E-state index is -0.0298. The smallest absolute Gasteiger partial charge is 0.212 e. The number of rotatable bonds is 0. The minimum Gasteiger partial charge on any atom is -0.287 e. The third-order valence-electron chi connectivity index (χ3n) is 3.36. The van der Waals surface area contributed by atoms with Gasteiger partial charge in [0.1, 0.15) is 10.3 Å². The van der Waals surface area contributed by atoms with E-state index in [-0.39, 0.29) is 5.78 Å². The molecule has 0 unspecified atom stereocenters. The van der Waals surface area contributed by atoms with Crippen LogP contribution >= 0.6 is 15.9 Å². The Labute approximate surface area is 117 Å². The van der Waals surface area contributed by atoms with Gasteiger partial charge in [0.25, 0.3) is 0 Å². The second kappa shape index (κ2) is 3.71. The van der Waals surface area contributed by atoms with Crippen molar-refractivity contribution in [1.82, 2.24) is 9.97 Å². The molecule has 2 aromatic heterocycles. The number of halogens is 1. The van der Waals surface area contributed by atoms with Gasteiger partial charge in [-0.3, -0.25) is 9.78 Å². The van der Waals surface area contributed by atoms with Gasteiger partial charge in [-0.2, -0.15) is 0 Å². The maximum Gasteiger partial charge on any atom is 0.212 e. The number of hydrogen-bond donors (Lipinski definition) is 0. The highest BCUT2D eigenvalue weighted by Gasteiger charge is 2.27. The summed E-state index contributed by atoms with van der Waals surface area (Å²) in [7, 11) is 0. The van der Waals surface area contributed by atoms with E-state index in [1.807, 2.05) is 36.4 Å². The fourth-order valence-corrected chi connectivity index (χ4v) is 2.98. The Morgan fingerprint density at radius 3 is 2.63 bits per heavy atom. The van der Waals surface area contributed by atoms with Crippen LogP contribution in [0, 0.1) is 0 Å². The third kappa shape index (κ3) is 1.40. The van der Waals surface area contributed by atoms with Crippen LogP contribution in [0.25, 0.3) is 22.0 Å². The van der Waals surface area contributed by atoms with Gasteiger partial charge in [0.15, 0.2) is 0 Å². The highest BCUT2D eigenvalue weighted by atomic mass is 79.9. The van der Waals surface area contributed by atoms with Gasteiger partial charge >= 0.3 is 0 Å². The predicted molar refractivity (Wildman–Crippen MR) is 76.1 cm³/mol. The quantitative estimate of drug-likeness (QED) is 0.466. The highest BCUT2D eigenvalue weighted by Crippen LogP contribution is 2.37. The first-order chi connectivity index (χ1) is 9.25. The van der Waals surface area contributed by atoms with Crippen molar-refractivity contribution in [2.24, 2.45) is 0 Å². The van der Waals surface area contributed by atoms with E-state index in [1.54, 1.807) is 6.20 Å². The fourth-order valence-electron chi connectivity index (χ4n) is 2.55. The standard InChI is InChI=1S/C15H7BrN2O/c16-11-7-8-5-6-17-14-12(8)13(18-11)9-3-1-2-4-10(9)15(14)19/h1-7H. The fraction of sp³-hybridized carbons (Fsp3) is 0. The number of fused-ring (bicyclic) bond motifs is 2. The molecule has 0 spiro atoms. The summed E-state index contributed by atoms with van der Waals surface area (Å²) in [5.41, 5.74) is 2.86. The van der Waals surface area contributed by atoms with E-state index >= 15 is 0 Å². The Hall–Kier alpha value is -2.07. The summed E-state index contributed by atoms with van der Waals surface area (Å²) >= 11 is 3.42. The zero-order valence-corrected chi connectivity index (χ0v) is 11.3. The molecule has 3 nitrogen and oxygen atoms in total. The number of benzene rings is 1. The van der Waals surface area contributed by atoms with Crippen LogP contribution in [-0.4, -0.2) is 15.8 Å². The molecule has 0 saturated heterocycles. The van der Waals surface area contributed by atoms with Crippen LogP contribution in [0.3, 0.4) is 0 Å². The summed E-state index contributed by atoms with van der Waals surface area (Å²) in [4.78, 5) is 21.3. The predicted octanol–water partition coefficient (Wildman–Crippen LogP) is 3.60. The first kappa shape index (κ1) is 10.8. The minimum absolute atomic E-state index is 0.0298. The van der Waals surface area contributed by atoms with Gasteiger partial charge in [-0.05, 0) is 33.4 Å². The molecule has 0 bridgehead atoms. The average Bonchev–Trinajstić information content (AvgIpc) is 2.44. The van der Waals surface area contributed by atoms with E-state index in [9.17, 15) is 4.79 Å². The number of ketones is 1. The van der Waals surface area contributed by atoms with E-state index in [4.69, 9.17) is 0 Å². The number of pyridine rings is 2. The summed E-state index contributed by atoms with van der Waals surface area (Å²) in [6, 6.07) is 11.3. The zero-order chi connectivity index (χ0) is 13.0. The Kier molecular flexibility index (Phi) is 2.11. The molecule has 0 N–H and O–H groups in total. The van der Waals surface area contributed by atoms with Crippen LogP contribution in [-0.2, 0) is 0 Å². The lowest BCUT2D eigenvalue weighted by Crippen LogP contribution is -2.12. The van der Waals surface area contributed by atoms with Crippen molar-refractivity contribution in [2.45, 2.75) is 0 Å². The van der Waals surface area contributed by atoms with Crippen LogP contribution in [0.4, 0.5) is 0 Å². The molecule has 90 valence electrons. The van der Waals surface area contributed by atoms with Crippen molar-refractivity contribution in [2.75, 3.05) is 0 Å². The Morgan fingerprint density at radius 2 is 1.79 bits per heavy atom. The summed E-state index contributed by atoms with van der Waals surface area (Å²) in [5.74, 6) is -0.0298. The van der Waals surface area contributed by atoms with Gasteiger partial charge in [0.2, 0.25) is 5.78 Å². The molecule has 0 radical (unpaired) electrons. The third-order valence-corrected chi connectivity index (χ3v) is 3.76. The number of carbonyl (C=O) groups excluding carboxylic acids is 1. The largest absolute Gasteiger partial charge is 0.287 e. The first-order valence-electron chi connectivity index (χ1n) is 5.85. The van der Waals surface area contributed by atoms with Crippen molar-refractivity contribution in [3.63, 3.8) is 0 Å². The normalized spacial score (nSPS) is 12.6. The Morgan fingerprint density at radius 1 is 1.00 bits per heavy atom. The van der Waals surface area contributed by atoms with Crippen molar-refractivity contribution < 1.29 is 4.79 Å². The molecule has 0 aliphatic heterocycles. The molecule has 0 amide bonds. The molecule has 4 heteroatoms. The molecule has 3 aromatic rings. The van der Waals surface area contributed by atoms with E-state index in [0.717, 1.165) is 26.6 Å². The molecule has 0 fully saturated rings. The lowest BCUT2D eigenvalue weighted by Gasteiger charge is -2.18. The number of hydrogen-bond acceptors (Lipinski definition) is 3. The van der Waals surface area contributed by atoms with Crippen LogP contribution in [0.1, 0.15) is 16.1 Å². The molecule has 4 rings (SSSR count). The lowest BCUT2D eigenvalue weighted by molar-refractivity contribution is 0.103. The van der Waals surface area contributed by atoms with Crippen molar-refractivity contribution in [3.05, 3.63) is 58.5 Å². The van der Waals surface area contributed by atoms with Gasteiger partial charge in [-0.15, -0.1) is 0 Å². The van der Waals surface area contributed by atoms with Gasteiger partial charge in [-0.25, -0.2) is 4.98 Å². The second-order valence-corrected chi connectivity index (χ2v) is 5.24. The molecule has 19 heavy (non-hydrogen) atoms. The van der Waals surface area contributed by atoms with Crippen LogP contribution in [0.2, 0.25) is 0 Å². The van der Waals surface area contributed by atoms with Gasteiger partial charge in [-0.1, -0.05) is 24.3 Å². The number of aromatic nitrogens is 2. The highest BCUT2D eigenvalue weighted by molar-refractivity contribution is 9.10. The molecule has 2 heterocycles. The summed E-state index contributed by atoms with van der Waals surface area (Å²) in [6.07, 6.45) is 1.67. The van der Waals surface area contributed by atoms with Gasteiger partial charge in [0.05, 0.1) is 5.69 Å². The lowest BCUT2D eigenvalue weighted by atomic mass is 9.89. The summed E-state index contributed by atoms with van der Waals surface area (Å²) in [6.45, 7) is 0. The molecule has 0 saturated carbocycles. The summed E-state index contributed by atoms with van der Waals surface area (Å²) < 4.78 is 0.760. The summed E-state index contributed by atoms with van der Waals surface area (Å²) in [5, 5.41) is 1.82. The SMILES string of the molecule is O=C1c2ccccc2-c2nc(Br)cc3ccnc1c23. The molecular weight excluding hydrogens is 304 g/mol. The molecule has 1 aliphatic carbocycles. The first-order valence-corrected chi connectivity index (χ1v) is 6.64. The second-order valence-electron chi connectivity index (χ2n) is 4.43. The van der Waals surface area contributed by atoms with Crippen molar-refractivity contribution in [1.29, 1.82) is 0 Å². The number of carbonyl (C=O) groups is 1. The van der Waals surface area contributed by atoms with Crippen molar-refractivity contribution >= 4 is 32.5 Å². The molecule has 0 atom stereocenters. The average molecular weight is 311 g/mol. The molecule has 1 aliphatic rings.